The van der Waals surface area contributed by atoms with Gasteiger partial charge in [-0.1, -0.05) is 18.3 Å². The van der Waals surface area contributed by atoms with Crippen LogP contribution in [0.15, 0.2) is 70.9 Å². The molecule has 178 valence electrons. The molecule has 35 heavy (non-hydrogen) atoms. The molecule has 1 aliphatic rings. The van der Waals surface area contributed by atoms with Crippen molar-refractivity contribution in [3.63, 3.8) is 0 Å². The molecule has 1 atom stereocenters. The minimum absolute atomic E-state index is 0.0657. The maximum atomic E-state index is 13.2. The van der Waals surface area contributed by atoms with Crippen molar-refractivity contribution < 1.29 is 28.6 Å². The van der Waals surface area contributed by atoms with Crippen molar-refractivity contribution >= 4 is 44.1 Å². The Labute approximate surface area is 205 Å². The van der Waals surface area contributed by atoms with Crippen LogP contribution in [0.5, 0.6) is 11.5 Å². The smallest absolute Gasteiger partial charge is 0.302 e. The number of thiazole rings is 1. The lowest BCUT2D eigenvalue weighted by Gasteiger charge is -2.20. The van der Waals surface area contributed by atoms with Crippen molar-refractivity contribution in [1.82, 2.24) is 4.98 Å². The Morgan fingerprint density at radius 1 is 1.14 bits per heavy atom. The van der Waals surface area contributed by atoms with Crippen LogP contribution in [0.4, 0.5) is 5.13 Å². The van der Waals surface area contributed by atoms with Crippen molar-refractivity contribution in [2.24, 2.45) is 0 Å². The van der Waals surface area contributed by atoms with E-state index in [2.05, 4.69) is 4.98 Å². The van der Waals surface area contributed by atoms with Crippen molar-refractivity contribution in [3.05, 3.63) is 77.8 Å². The molecule has 1 unspecified atom stereocenters. The van der Waals surface area contributed by atoms with Gasteiger partial charge in [0.25, 0.3) is 5.78 Å². The number of carbonyl (C=O) groups is 2. The van der Waals surface area contributed by atoms with E-state index in [0.29, 0.717) is 40.1 Å². The Kier molecular flexibility index (Phi) is 6.00. The third-order valence-electron chi connectivity index (χ3n) is 5.65. The number of carbonyl (C=O) groups excluding carboxylic acids is 2. The lowest BCUT2D eigenvalue weighted by Crippen LogP contribution is -2.29. The minimum atomic E-state index is -0.969. The van der Waals surface area contributed by atoms with E-state index < -0.39 is 17.7 Å². The van der Waals surface area contributed by atoms with Crippen LogP contribution < -0.4 is 14.4 Å². The molecule has 0 bridgehead atoms. The van der Waals surface area contributed by atoms with E-state index in [0.717, 1.165) is 11.1 Å². The first kappa shape index (κ1) is 22.7. The SMILES string of the molecule is CCCOc1ccc(C(O)=C2C(=O)C(=O)N(c3nc4ccc(OC)cc4s3)C2c2ccco2)cc1. The Morgan fingerprint density at radius 2 is 1.91 bits per heavy atom. The number of aliphatic hydroxyl groups is 1. The fourth-order valence-corrected chi connectivity index (χ4v) is 4.97. The van der Waals surface area contributed by atoms with Gasteiger partial charge in [-0.15, -0.1) is 0 Å². The normalized spacial score (nSPS) is 17.3. The van der Waals surface area contributed by atoms with Crippen LogP contribution >= 0.6 is 11.3 Å². The van der Waals surface area contributed by atoms with Crippen molar-refractivity contribution in [3.8, 4) is 11.5 Å². The standard InChI is InChI=1S/C26H22N2O6S/c1-3-12-33-16-8-6-15(7-9-16)23(29)21-22(19-5-4-13-34-19)28(25(31)24(21)30)26-27-18-11-10-17(32-2)14-20(18)35-26/h4-11,13-14,22,29H,3,12H2,1-2H3. The largest absolute Gasteiger partial charge is 0.507 e. The van der Waals surface area contributed by atoms with Crippen molar-refractivity contribution in [1.29, 1.82) is 0 Å². The summed E-state index contributed by atoms with van der Waals surface area (Å²) in [6, 6.07) is 14.5. The van der Waals surface area contributed by atoms with Crippen molar-refractivity contribution in [2.45, 2.75) is 19.4 Å². The maximum absolute atomic E-state index is 13.2. The maximum Gasteiger partial charge on any atom is 0.302 e. The summed E-state index contributed by atoms with van der Waals surface area (Å²) in [7, 11) is 1.57. The highest BCUT2D eigenvalue weighted by molar-refractivity contribution is 7.22. The molecule has 8 nitrogen and oxygen atoms in total. The zero-order chi connectivity index (χ0) is 24.5. The Morgan fingerprint density at radius 3 is 2.60 bits per heavy atom. The van der Waals surface area contributed by atoms with E-state index >= 15 is 0 Å². The van der Waals surface area contributed by atoms with Crippen LogP contribution in [-0.4, -0.2) is 35.5 Å². The second-order valence-corrected chi connectivity index (χ2v) is 8.90. The van der Waals surface area contributed by atoms with Gasteiger partial charge >= 0.3 is 5.91 Å². The molecule has 1 N–H and O–H groups in total. The average molecular weight is 491 g/mol. The number of rotatable bonds is 7. The van der Waals surface area contributed by atoms with Gasteiger partial charge in [0.05, 0.1) is 35.8 Å². The van der Waals surface area contributed by atoms with Crippen molar-refractivity contribution in [2.75, 3.05) is 18.6 Å². The predicted molar refractivity (Wildman–Crippen MR) is 132 cm³/mol. The molecular formula is C26H22N2O6S. The summed E-state index contributed by atoms with van der Waals surface area (Å²) in [5.74, 6) is -0.253. The lowest BCUT2D eigenvalue weighted by molar-refractivity contribution is -0.132. The quantitative estimate of drug-likeness (QED) is 0.213. The number of nitrogens with zero attached hydrogens (tertiary/aromatic N) is 2. The number of furan rings is 1. The second-order valence-electron chi connectivity index (χ2n) is 7.89. The van der Waals surface area contributed by atoms with Crippen LogP contribution in [0.1, 0.15) is 30.7 Å². The van der Waals surface area contributed by atoms with Gasteiger partial charge in [-0.2, -0.15) is 0 Å². The average Bonchev–Trinajstić information content (AvgIpc) is 3.61. The number of Topliss-reactive ketones (excluding diaryl/α,β-unsaturated/α-hetero) is 1. The third kappa shape index (κ3) is 4.04. The molecule has 0 saturated carbocycles. The van der Waals surface area contributed by atoms with E-state index in [1.165, 1.54) is 22.5 Å². The number of hydrogen-bond donors (Lipinski definition) is 1. The van der Waals surface area contributed by atoms with Crippen LogP contribution in [0.25, 0.3) is 16.0 Å². The number of methoxy groups -OCH3 is 1. The number of aliphatic hydroxyl groups excluding tert-OH is 1. The number of ether oxygens (including phenoxy) is 2. The Bertz CT molecular complexity index is 1420. The fraction of sp³-hybridized carbons (Fsp3) is 0.192. The molecule has 5 rings (SSSR count). The Hall–Kier alpha value is -4.11. The van der Waals surface area contributed by atoms with Gasteiger partial charge in [0, 0.05) is 5.56 Å². The molecule has 3 heterocycles. The lowest BCUT2D eigenvalue weighted by atomic mass is 9.99. The number of fused-ring (bicyclic) bond motifs is 1. The van der Waals surface area contributed by atoms with Gasteiger partial charge in [0.2, 0.25) is 0 Å². The fourth-order valence-electron chi connectivity index (χ4n) is 3.95. The molecule has 1 fully saturated rings. The monoisotopic (exact) mass is 490 g/mol. The number of hydrogen-bond acceptors (Lipinski definition) is 8. The van der Waals surface area contributed by atoms with Gasteiger partial charge in [0.15, 0.2) is 5.13 Å². The topological polar surface area (TPSA) is 102 Å². The summed E-state index contributed by atoms with van der Waals surface area (Å²) in [4.78, 5) is 32.3. The van der Waals surface area contributed by atoms with Crippen LogP contribution in [0, 0.1) is 0 Å². The van der Waals surface area contributed by atoms with E-state index in [-0.39, 0.29) is 11.3 Å². The van der Waals surface area contributed by atoms with Gasteiger partial charge in [-0.3, -0.25) is 14.5 Å². The highest BCUT2D eigenvalue weighted by atomic mass is 32.1. The van der Waals surface area contributed by atoms with E-state index in [1.54, 1.807) is 55.6 Å². The predicted octanol–water partition coefficient (Wildman–Crippen LogP) is 5.31. The molecule has 2 aromatic heterocycles. The zero-order valence-corrected chi connectivity index (χ0v) is 19.9. The minimum Gasteiger partial charge on any atom is -0.507 e. The Balaban J connectivity index is 1.61. The summed E-state index contributed by atoms with van der Waals surface area (Å²) in [6.07, 6.45) is 2.32. The molecule has 0 radical (unpaired) electrons. The molecule has 1 saturated heterocycles. The van der Waals surface area contributed by atoms with Crippen LogP contribution in [0.2, 0.25) is 0 Å². The summed E-state index contributed by atoms with van der Waals surface area (Å²) in [6.45, 7) is 2.58. The van der Waals surface area contributed by atoms with Gasteiger partial charge in [-0.05, 0) is 61.0 Å². The summed E-state index contributed by atoms with van der Waals surface area (Å²) in [5.41, 5.74) is 0.981. The van der Waals surface area contributed by atoms with Crippen LogP contribution in [0.3, 0.4) is 0 Å². The van der Waals surface area contributed by atoms with E-state index in [1.807, 2.05) is 13.0 Å². The molecule has 1 aliphatic heterocycles. The third-order valence-corrected chi connectivity index (χ3v) is 6.67. The number of aromatic nitrogens is 1. The molecule has 1 amide bonds. The number of anilines is 1. The van der Waals surface area contributed by atoms with Crippen LogP contribution in [-0.2, 0) is 9.59 Å². The van der Waals surface area contributed by atoms with E-state index in [9.17, 15) is 14.7 Å². The highest BCUT2D eigenvalue weighted by Crippen LogP contribution is 2.44. The zero-order valence-electron chi connectivity index (χ0n) is 19.1. The van der Waals surface area contributed by atoms with Gasteiger partial charge < -0.3 is 19.0 Å². The molecule has 2 aromatic carbocycles. The first-order valence-electron chi connectivity index (χ1n) is 11.0. The highest BCUT2D eigenvalue weighted by Gasteiger charge is 2.49. The number of benzene rings is 2. The summed E-state index contributed by atoms with van der Waals surface area (Å²) in [5, 5.41) is 11.5. The second kappa shape index (κ2) is 9.27. The molecule has 0 aliphatic carbocycles. The van der Waals surface area contributed by atoms with Gasteiger partial charge in [-0.25, -0.2) is 4.98 Å². The summed E-state index contributed by atoms with van der Waals surface area (Å²) >= 11 is 1.25. The van der Waals surface area contributed by atoms with Gasteiger partial charge in [0.1, 0.15) is 29.1 Å². The first-order valence-corrected chi connectivity index (χ1v) is 11.9. The first-order chi connectivity index (χ1) is 17.0. The number of amides is 1. The molecule has 4 aromatic rings. The molecular weight excluding hydrogens is 468 g/mol. The van der Waals surface area contributed by atoms with E-state index in [4.69, 9.17) is 13.9 Å². The molecule has 0 spiro atoms. The molecule has 9 heteroatoms. The summed E-state index contributed by atoms with van der Waals surface area (Å²) < 4.78 is 17.3. The number of ketones is 1.